The summed E-state index contributed by atoms with van der Waals surface area (Å²) in [7, 11) is -6.30. The average molecular weight is 420 g/mol. The van der Waals surface area contributed by atoms with E-state index in [9.17, 15) is 35.9 Å². The molecule has 2 aliphatic rings. The minimum atomic E-state index is -6.30. The van der Waals surface area contributed by atoms with E-state index in [1.54, 1.807) is 6.92 Å². The zero-order valence-electron chi connectivity index (χ0n) is 14.8. The van der Waals surface area contributed by atoms with Crippen LogP contribution in [-0.4, -0.2) is 47.4 Å². The molecular weight excluding hydrogens is 396 g/mol. The molecule has 0 spiro atoms. The number of rotatable bonds is 7. The molecule has 4 atom stereocenters. The van der Waals surface area contributed by atoms with Gasteiger partial charge in [-0.15, -0.1) is 0 Å². The second-order valence-electron chi connectivity index (χ2n) is 7.74. The zero-order valence-corrected chi connectivity index (χ0v) is 15.7. The number of esters is 1. The first kappa shape index (κ1) is 22.4. The Bertz CT molecular complexity index is 664. The standard InChI is InChI=1S/C16H24F4O6S/c1-14(22)6-2-3-12(14)10-4-5-11(9-10)13(21)26-8-7-15(17,18)16(19,20)27(23,24)25/h10-12,22H,2-9H2,1H3,(H,23,24,25). The second kappa shape index (κ2) is 7.47. The van der Waals surface area contributed by atoms with Gasteiger partial charge in [-0.3, -0.25) is 9.35 Å². The third-order valence-corrected chi connectivity index (χ3v) is 6.73. The van der Waals surface area contributed by atoms with Crippen molar-refractivity contribution in [2.45, 2.75) is 68.6 Å². The SMILES string of the molecule is CC1(O)CCCC1C1CCC(C(=O)OCCC(F)(F)C(F)(F)S(=O)(=O)O)C1. The van der Waals surface area contributed by atoms with Crippen LogP contribution in [0.3, 0.4) is 0 Å². The van der Waals surface area contributed by atoms with E-state index in [4.69, 9.17) is 4.55 Å². The normalized spacial score (nSPS) is 32.6. The van der Waals surface area contributed by atoms with E-state index in [-0.39, 0.29) is 11.8 Å². The number of hydrogen-bond acceptors (Lipinski definition) is 5. The maximum absolute atomic E-state index is 13.4. The average Bonchev–Trinajstić information content (AvgIpc) is 3.11. The quantitative estimate of drug-likeness (QED) is 0.373. The van der Waals surface area contributed by atoms with E-state index in [0.717, 1.165) is 12.8 Å². The monoisotopic (exact) mass is 420 g/mol. The van der Waals surface area contributed by atoms with Crippen molar-refractivity contribution in [1.29, 1.82) is 0 Å². The molecule has 0 amide bonds. The highest BCUT2D eigenvalue weighted by molar-refractivity contribution is 7.87. The summed E-state index contributed by atoms with van der Waals surface area (Å²) in [4.78, 5) is 12.0. The summed E-state index contributed by atoms with van der Waals surface area (Å²) in [5.74, 6) is -6.30. The molecule has 2 saturated carbocycles. The summed E-state index contributed by atoms with van der Waals surface area (Å²) in [6.45, 7) is 0.660. The lowest BCUT2D eigenvalue weighted by molar-refractivity contribution is -0.176. The molecule has 0 saturated heterocycles. The fraction of sp³-hybridized carbons (Fsp3) is 0.938. The van der Waals surface area contributed by atoms with Crippen molar-refractivity contribution in [2.24, 2.45) is 17.8 Å². The van der Waals surface area contributed by atoms with Gasteiger partial charge in [0.25, 0.3) is 0 Å². The number of hydrogen-bond donors (Lipinski definition) is 2. The summed E-state index contributed by atoms with van der Waals surface area (Å²) in [5.41, 5.74) is -0.799. The van der Waals surface area contributed by atoms with E-state index in [2.05, 4.69) is 4.74 Å². The molecule has 0 radical (unpaired) electrons. The molecule has 4 unspecified atom stereocenters. The van der Waals surface area contributed by atoms with Crippen molar-refractivity contribution in [2.75, 3.05) is 6.61 Å². The van der Waals surface area contributed by atoms with E-state index in [0.29, 0.717) is 25.7 Å². The number of carbonyl (C=O) groups is 1. The number of aliphatic hydroxyl groups is 1. The Balaban J connectivity index is 1.85. The van der Waals surface area contributed by atoms with Crippen LogP contribution in [0.4, 0.5) is 17.6 Å². The van der Waals surface area contributed by atoms with Crippen LogP contribution in [0.25, 0.3) is 0 Å². The van der Waals surface area contributed by atoms with Crippen molar-refractivity contribution in [3.05, 3.63) is 0 Å². The first-order valence-electron chi connectivity index (χ1n) is 8.81. The Morgan fingerprint density at radius 2 is 1.85 bits per heavy atom. The van der Waals surface area contributed by atoms with Crippen LogP contribution in [0.1, 0.15) is 51.9 Å². The molecule has 2 rings (SSSR count). The zero-order chi connectivity index (χ0) is 20.7. The molecule has 0 heterocycles. The van der Waals surface area contributed by atoms with Crippen LogP contribution in [0.2, 0.25) is 0 Å². The van der Waals surface area contributed by atoms with Gasteiger partial charge in [-0.1, -0.05) is 6.42 Å². The lowest BCUT2D eigenvalue weighted by Crippen LogP contribution is -2.47. The third-order valence-electron chi connectivity index (χ3n) is 5.78. The predicted octanol–water partition coefficient (Wildman–Crippen LogP) is 3.00. The summed E-state index contributed by atoms with van der Waals surface area (Å²) >= 11 is 0. The molecule has 0 bridgehead atoms. The first-order chi connectivity index (χ1) is 12.2. The van der Waals surface area contributed by atoms with Crippen LogP contribution < -0.4 is 0 Å². The van der Waals surface area contributed by atoms with Gasteiger partial charge in [-0.2, -0.15) is 26.0 Å². The molecule has 0 aromatic rings. The molecule has 2 N–H and O–H groups in total. The van der Waals surface area contributed by atoms with E-state index < -0.39 is 51.8 Å². The molecule has 158 valence electrons. The van der Waals surface area contributed by atoms with Gasteiger partial charge in [0.15, 0.2) is 0 Å². The number of carbonyl (C=O) groups excluding carboxylic acids is 1. The smallest absolute Gasteiger partial charge is 0.431 e. The predicted molar refractivity (Wildman–Crippen MR) is 85.8 cm³/mol. The summed E-state index contributed by atoms with van der Waals surface area (Å²) < 4.78 is 86.6. The van der Waals surface area contributed by atoms with Gasteiger partial charge in [-0.25, -0.2) is 0 Å². The molecule has 0 aromatic carbocycles. The van der Waals surface area contributed by atoms with Gasteiger partial charge in [0.05, 0.1) is 24.5 Å². The highest BCUT2D eigenvalue weighted by atomic mass is 32.2. The number of alkyl halides is 4. The van der Waals surface area contributed by atoms with Crippen molar-refractivity contribution < 1.29 is 45.2 Å². The van der Waals surface area contributed by atoms with Crippen molar-refractivity contribution >= 4 is 16.1 Å². The summed E-state index contributed by atoms with van der Waals surface area (Å²) in [6.07, 6.45) is 2.23. The highest BCUT2D eigenvalue weighted by Crippen LogP contribution is 2.47. The summed E-state index contributed by atoms with van der Waals surface area (Å²) in [5, 5.41) is 4.70. The molecule has 6 nitrogen and oxygen atoms in total. The lowest BCUT2D eigenvalue weighted by atomic mass is 9.80. The molecule has 0 aliphatic heterocycles. The van der Waals surface area contributed by atoms with Crippen LogP contribution >= 0.6 is 0 Å². The first-order valence-corrected chi connectivity index (χ1v) is 10.2. The van der Waals surface area contributed by atoms with Crippen molar-refractivity contribution in [1.82, 2.24) is 0 Å². The number of ether oxygens (including phenoxy) is 1. The molecule has 27 heavy (non-hydrogen) atoms. The Labute approximate surface area is 155 Å². The van der Waals surface area contributed by atoms with E-state index in [1.807, 2.05) is 0 Å². The molecular formula is C16H24F4O6S. The van der Waals surface area contributed by atoms with Gasteiger partial charge in [-0.05, 0) is 50.9 Å². The van der Waals surface area contributed by atoms with Gasteiger partial charge in [0.1, 0.15) is 0 Å². The fourth-order valence-corrected chi connectivity index (χ4v) is 4.73. The third kappa shape index (κ3) is 4.56. The largest absolute Gasteiger partial charge is 0.465 e. The molecule has 0 aromatic heterocycles. The van der Waals surface area contributed by atoms with Gasteiger partial charge in [0, 0.05) is 0 Å². The maximum Gasteiger partial charge on any atom is 0.431 e. The Morgan fingerprint density at radius 1 is 1.22 bits per heavy atom. The highest BCUT2D eigenvalue weighted by Gasteiger charge is 2.65. The minimum Gasteiger partial charge on any atom is -0.465 e. The summed E-state index contributed by atoms with van der Waals surface area (Å²) in [6, 6.07) is 0. The van der Waals surface area contributed by atoms with Crippen molar-refractivity contribution in [3.8, 4) is 0 Å². The topological polar surface area (TPSA) is 101 Å². The van der Waals surface area contributed by atoms with Crippen LogP contribution in [0.15, 0.2) is 0 Å². The van der Waals surface area contributed by atoms with Crippen LogP contribution in [-0.2, 0) is 19.6 Å². The Kier molecular flexibility index (Phi) is 6.19. The Morgan fingerprint density at radius 3 is 2.37 bits per heavy atom. The minimum absolute atomic E-state index is 0.0492. The van der Waals surface area contributed by atoms with Crippen LogP contribution in [0.5, 0.6) is 0 Å². The van der Waals surface area contributed by atoms with Gasteiger partial charge >= 0.3 is 27.3 Å². The maximum atomic E-state index is 13.4. The second-order valence-corrected chi connectivity index (χ2v) is 9.20. The van der Waals surface area contributed by atoms with Crippen LogP contribution in [0, 0.1) is 17.8 Å². The van der Waals surface area contributed by atoms with Gasteiger partial charge < -0.3 is 9.84 Å². The van der Waals surface area contributed by atoms with Crippen molar-refractivity contribution in [3.63, 3.8) is 0 Å². The van der Waals surface area contributed by atoms with E-state index in [1.165, 1.54) is 0 Å². The fourth-order valence-electron chi connectivity index (χ4n) is 4.25. The molecule has 2 aliphatic carbocycles. The molecule has 2 fully saturated rings. The number of halogens is 4. The molecule has 11 heteroatoms. The lowest BCUT2D eigenvalue weighted by Gasteiger charge is -2.30. The Hall–Kier alpha value is -0.940. The van der Waals surface area contributed by atoms with Gasteiger partial charge in [0.2, 0.25) is 0 Å². The van der Waals surface area contributed by atoms with E-state index >= 15 is 0 Å².